The normalized spacial score (nSPS) is 11.1. The second-order valence-electron chi connectivity index (χ2n) is 3.43. The molecule has 0 radical (unpaired) electrons. The first-order valence-electron chi connectivity index (χ1n) is 4.98. The van der Waals surface area contributed by atoms with Gasteiger partial charge in [0.1, 0.15) is 0 Å². The molecule has 14 heavy (non-hydrogen) atoms. The molecule has 0 fully saturated rings. The van der Waals surface area contributed by atoms with Gasteiger partial charge in [-0.2, -0.15) is 0 Å². The Morgan fingerprint density at radius 3 is 2.07 bits per heavy atom. The fraction of sp³-hybridized carbons (Fsp3) is 0.727. The Hall–Kier alpha value is -0.830. The zero-order chi connectivity index (χ0) is 11.6. The first kappa shape index (κ1) is 15.6. The van der Waals surface area contributed by atoms with Crippen molar-refractivity contribution < 1.29 is 15.0 Å². The van der Waals surface area contributed by atoms with Gasteiger partial charge in [-0.3, -0.25) is 0 Å². The molecule has 0 aliphatic heterocycles. The minimum absolute atomic E-state index is 0.0958. The summed E-state index contributed by atoms with van der Waals surface area (Å²) in [5, 5.41) is 16.7. The standard InChI is InChI=1S/C7H16O.C4H6O2/c1-3-4-5-6-7(2)8;1-3(2)4(5)6/h7-8H,3-6H2,1-2H3;1H2,2H3,(H,5,6). The van der Waals surface area contributed by atoms with Crippen LogP contribution in [0.3, 0.4) is 0 Å². The van der Waals surface area contributed by atoms with Crippen LogP contribution >= 0.6 is 0 Å². The SMILES string of the molecule is C=C(C)C(=O)O.CCCCCC(C)O. The first-order chi connectivity index (χ1) is 6.41. The number of hydrogen-bond donors (Lipinski definition) is 2. The molecule has 0 heterocycles. The van der Waals surface area contributed by atoms with Gasteiger partial charge in [0.25, 0.3) is 0 Å². The smallest absolute Gasteiger partial charge is 0.330 e. The highest BCUT2D eigenvalue weighted by molar-refractivity contribution is 5.84. The molecule has 0 aromatic carbocycles. The molecule has 0 rings (SSSR count). The van der Waals surface area contributed by atoms with Crippen LogP contribution in [-0.4, -0.2) is 22.3 Å². The topological polar surface area (TPSA) is 57.5 Å². The summed E-state index contributed by atoms with van der Waals surface area (Å²) in [6.07, 6.45) is 4.54. The van der Waals surface area contributed by atoms with Crippen LogP contribution in [0, 0.1) is 0 Å². The van der Waals surface area contributed by atoms with Crippen molar-refractivity contribution in [1.82, 2.24) is 0 Å². The summed E-state index contributed by atoms with van der Waals surface area (Å²) in [6, 6.07) is 0. The summed E-state index contributed by atoms with van der Waals surface area (Å²) in [6.45, 7) is 8.61. The van der Waals surface area contributed by atoms with Gasteiger partial charge in [-0.25, -0.2) is 4.79 Å². The highest BCUT2D eigenvalue weighted by Crippen LogP contribution is 2.01. The van der Waals surface area contributed by atoms with E-state index >= 15 is 0 Å². The highest BCUT2D eigenvalue weighted by Gasteiger charge is 1.92. The van der Waals surface area contributed by atoms with E-state index in [1.807, 2.05) is 6.92 Å². The molecule has 0 amide bonds. The third-order valence-corrected chi connectivity index (χ3v) is 1.59. The van der Waals surface area contributed by atoms with Crippen LogP contribution in [0.1, 0.15) is 46.5 Å². The minimum atomic E-state index is -0.935. The van der Waals surface area contributed by atoms with E-state index in [1.165, 1.54) is 26.2 Å². The lowest BCUT2D eigenvalue weighted by molar-refractivity contribution is -0.132. The Morgan fingerprint density at radius 2 is 1.86 bits per heavy atom. The third-order valence-electron chi connectivity index (χ3n) is 1.59. The molecule has 0 aliphatic carbocycles. The fourth-order valence-corrected chi connectivity index (χ4v) is 0.690. The number of aliphatic hydroxyl groups is 1. The number of carboxylic acids is 1. The van der Waals surface area contributed by atoms with E-state index in [0.717, 1.165) is 6.42 Å². The zero-order valence-electron chi connectivity index (χ0n) is 9.42. The number of rotatable bonds is 5. The lowest BCUT2D eigenvalue weighted by atomic mass is 10.1. The van der Waals surface area contributed by atoms with Gasteiger partial charge >= 0.3 is 5.97 Å². The molecule has 1 atom stereocenters. The molecule has 0 aromatic heterocycles. The van der Waals surface area contributed by atoms with E-state index in [1.54, 1.807) is 0 Å². The number of hydrogen-bond acceptors (Lipinski definition) is 2. The number of carbonyl (C=O) groups is 1. The highest BCUT2D eigenvalue weighted by atomic mass is 16.4. The molecule has 0 saturated carbocycles. The molecule has 0 saturated heterocycles. The van der Waals surface area contributed by atoms with Crippen molar-refractivity contribution in [3.63, 3.8) is 0 Å². The van der Waals surface area contributed by atoms with E-state index < -0.39 is 5.97 Å². The quantitative estimate of drug-likeness (QED) is 0.532. The maximum atomic E-state index is 9.60. The monoisotopic (exact) mass is 202 g/mol. The van der Waals surface area contributed by atoms with Gasteiger partial charge in [0.15, 0.2) is 0 Å². The summed E-state index contributed by atoms with van der Waals surface area (Å²) < 4.78 is 0. The van der Waals surface area contributed by atoms with Gasteiger partial charge < -0.3 is 10.2 Å². The average Bonchev–Trinajstić information content (AvgIpc) is 2.05. The van der Waals surface area contributed by atoms with Gasteiger partial charge in [0.05, 0.1) is 6.10 Å². The van der Waals surface area contributed by atoms with Crippen molar-refractivity contribution >= 4 is 5.97 Å². The van der Waals surface area contributed by atoms with E-state index in [2.05, 4.69) is 13.5 Å². The van der Waals surface area contributed by atoms with Crippen molar-refractivity contribution in [2.24, 2.45) is 0 Å². The lowest BCUT2D eigenvalue weighted by Gasteiger charge is -2.00. The van der Waals surface area contributed by atoms with Crippen LogP contribution < -0.4 is 0 Å². The Morgan fingerprint density at radius 1 is 1.43 bits per heavy atom. The van der Waals surface area contributed by atoms with Crippen LogP contribution in [0.2, 0.25) is 0 Å². The third kappa shape index (κ3) is 17.3. The number of aliphatic hydroxyl groups excluding tert-OH is 1. The van der Waals surface area contributed by atoms with Crippen molar-refractivity contribution in [2.45, 2.75) is 52.6 Å². The molecule has 0 bridgehead atoms. The second-order valence-corrected chi connectivity index (χ2v) is 3.43. The van der Waals surface area contributed by atoms with Gasteiger partial charge in [-0.15, -0.1) is 0 Å². The van der Waals surface area contributed by atoms with Crippen molar-refractivity contribution in [3.05, 3.63) is 12.2 Å². The van der Waals surface area contributed by atoms with E-state index in [-0.39, 0.29) is 11.7 Å². The van der Waals surface area contributed by atoms with Crippen LogP contribution in [0.25, 0.3) is 0 Å². The Balaban J connectivity index is 0. The summed E-state index contributed by atoms with van der Waals surface area (Å²) in [5.74, 6) is -0.935. The molecule has 1 unspecified atom stereocenters. The maximum Gasteiger partial charge on any atom is 0.330 e. The van der Waals surface area contributed by atoms with Crippen LogP contribution in [-0.2, 0) is 4.79 Å². The maximum absolute atomic E-state index is 9.60. The molecule has 3 heteroatoms. The van der Waals surface area contributed by atoms with Crippen LogP contribution in [0.15, 0.2) is 12.2 Å². The predicted molar refractivity (Wildman–Crippen MR) is 58.3 cm³/mol. The van der Waals surface area contributed by atoms with Gasteiger partial charge in [0, 0.05) is 5.57 Å². The Kier molecular flexibility index (Phi) is 11.4. The largest absolute Gasteiger partial charge is 0.478 e. The number of carboxylic acid groups (broad SMARTS) is 1. The van der Waals surface area contributed by atoms with E-state index in [9.17, 15) is 4.79 Å². The molecule has 84 valence electrons. The molecule has 0 aromatic rings. The lowest BCUT2D eigenvalue weighted by Crippen LogP contribution is -1.97. The summed E-state index contributed by atoms with van der Waals surface area (Å²) in [4.78, 5) is 9.60. The first-order valence-corrected chi connectivity index (χ1v) is 4.98. The average molecular weight is 202 g/mol. The predicted octanol–water partition coefficient (Wildman–Crippen LogP) is 2.59. The zero-order valence-corrected chi connectivity index (χ0v) is 9.42. The second kappa shape index (κ2) is 10.3. The van der Waals surface area contributed by atoms with Crippen LogP contribution in [0.5, 0.6) is 0 Å². The number of aliphatic carboxylic acids is 1. The minimum Gasteiger partial charge on any atom is -0.478 e. The fourth-order valence-electron chi connectivity index (χ4n) is 0.690. The van der Waals surface area contributed by atoms with Gasteiger partial charge in [-0.1, -0.05) is 32.8 Å². The molecule has 0 aliphatic rings. The van der Waals surface area contributed by atoms with Crippen molar-refractivity contribution in [2.75, 3.05) is 0 Å². The Bertz CT molecular complexity index is 150. The summed E-state index contributed by atoms with van der Waals surface area (Å²) in [7, 11) is 0. The molecule has 3 nitrogen and oxygen atoms in total. The van der Waals surface area contributed by atoms with Crippen LogP contribution in [0.4, 0.5) is 0 Å². The summed E-state index contributed by atoms with van der Waals surface area (Å²) >= 11 is 0. The summed E-state index contributed by atoms with van der Waals surface area (Å²) in [5.41, 5.74) is 0.176. The molecule has 2 N–H and O–H groups in total. The van der Waals surface area contributed by atoms with Gasteiger partial charge in [-0.05, 0) is 20.3 Å². The Labute approximate surface area is 86.5 Å². The van der Waals surface area contributed by atoms with E-state index in [0.29, 0.717) is 0 Å². The van der Waals surface area contributed by atoms with E-state index in [4.69, 9.17) is 10.2 Å². The molecule has 0 spiro atoms. The molecular weight excluding hydrogens is 180 g/mol. The van der Waals surface area contributed by atoms with Crippen molar-refractivity contribution in [3.8, 4) is 0 Å². The van der Waals surface area contributed by atoms with Crippen molar-refractivity contribution in [1.29, 1.82) is 0 Å². The van der Waals surface area contributed by atoms with Gasteiger partial charge in [0.2, 0.25) is 0 Å². The number of unbranched alkanes of at least 4 members (excludes halogenated alkanes) is 2. The molecular formula is C11H22O3.